The number of carboxylic acids is 1. The van der Waals surface area contributed by atoms with E-state index in [1.54, 1.807) is 11.8 Å². The summed E-state index contributed by atoms with van der Waals surface area (Å²) in [6.07, 6.45) is 8.89. The van der Waals surface area contributed by atoms with Gasteiger partial charge in [0.05, 0.1) is 0 Å². The Bertz CT molecular complexity index is 410. The highest BCUT2D eigenvalue weighted by molar-refractivity contribution is 7.99. The largest absolute Gasteiger partial charge is 0.478 e. The van der Waals surface area contributed by atoms with Crippen molar-refractivity contribution in [3.05, 3.63) is 11.4 Å². The van der Waals surface area contributed by atoms with Gasteiger partial charge in [0.25, 0.3) is 0 Å². The highest BCUT2D eigenvalue weighted by atomic mass is 32.2. The summed E-state index contributed by atoms with van der Waals surface area (Å²) in [5, 5.41) is 15.9. The summed E-state index contributed by atoms with van der Waals surface area (Å²) in [7, 11) is 0. The van der Waals surface area contributed by atoms with Crippen LogP contribution in [-0.2, 0) is 4.79 Å². The third kappa shape index (κ3) is 3.05. The Morgan fingerprint density at radius 2 is 2.32 bits per heavy atom. The lowest BCUT2D eigenvalue weighted by atomic mass is 10.2. The van der Waals surface area contributed by atoms with Gasteiger partial charge in [0.15, 0.2) is 4.99 Å². The topological polar surface area (TPSA) is 73.7 Å². The molecule has 2 rings (SSSR count). The standard InChI is InChI=1S/C13H21N3O2S/c1-3-13(19-2)14-8-10(12(17)18)11(16-13)15-9-6-4-5-7-9/h8-9,15-16H,3-7H2,1-2H3,(H,17,18). The number of aliphatic carboxylic acids is 1. The fourth-order valence-electron chi connectivity index (χ4n) is 2.51. The monoisotopic (exact) mass is 283 g/mol. The van der Waals surface area contributed by atoms with Crippen molar-refractivity contribution in [2.24, 2.45) is 4.99 Å². The van der Waals surface area contributed by atoms with Gasteiger partial charge >= 0.3 is 5.97 Å². The molecule has 19 heavy (non-hydrogen) atoms. The van der Waals surface area contributed by atoms with Gasteiger partial charge in [0, 0.05) is 12.3 Å². The van der Waals surface area contributed by atoms with E-state index in [-0.39, 0.29) is 5.57 Å². The van der Waals surface area contributed by atoms with E-state index >= 15 is 0 Å². The molecule has 1 heterocycles. The molecule has 6 heteroatoms. The predicted octanol–water partition coefficient (Wildman–Crippen LogP) is 1.92. The summed E-state index contributed by atoms with van der Waals surface area (Å²) in [6, 6.07) is 0.375. The van der Waals surface area contributed by atoms with E-state index in [0.29, 0.717) is 11.9 Å². The number of carbonyl (C=O) groups is 1. The minimum Gasteiger partial charge on any atom is -0.478 e. The molecule has 0 bridgehead atoms. The molecule has 1 aliphatic heterocycles. The van der Waals surface area contributed by atoms with Gasteiger partial charge in [0.2, 0.25) is 0 Å². The molecule has 0 radical (unpaired) electrons. The molecule has 1 fully saturated rings. The molecule has 5 nitrogen and oxygen atoms in total. The maximum Gasteiger partial charge on any atom is 0.340 e. The summed E-state index contributed by atoms with van der Waals surface area (Å²) in [6.45, 7) is 2.04. The molecule has 0 amide bonds. The van der Waals surface area contributed by atoms with Crippen LogP contribution in [0.2, 0.25) is 0 Å². The van der Waals surface area contributed by atoms with Gasteiger partial charge in [-0.15, -0.1) is 11.8 Å². The van der Waals surface area contributed by atoms with Crippen molar-refractivity contribution in [1.82, 2.24) is 10.6 Å². The van der Waals surface area contributed by atoms with Crippen LogP contribution in [0.1, 0.15) is 39.0 Å². The van der Waals surface area contributed by atoms with Crippen molar-refractivity contribution in [2.45, 2.75) is 50.1 Å². The summed E-state index contributed by atoms with van der Waals surface area (Å²) in [5.41, 5.74) is 0.227. The Morgan fingerprint density at radius 1 is 1.63 bits per heavy atom. The number of nitrogens with one attached hydrogen (secondary N) is 2. The van der Waals surface area contributed by atoms with Gasteiger partial charge in [-0.05, 0) is 25.5 Å². The Kier molecular flexibility index (Phi) is 4.39. The molecular formula is C13H21N3O2S. The molecule has 1 saturated carbocycles. The fourth-order valence-corrected chi connectivity index (χ4v) is 3.16. The maximum atomic E-state index is 11.3. The molecule has 2 aliphatic rings. The molecule has 0 aromatic heterocycles. The van der Waals surface area contributed by atoms with Crippen LogP contribution in [0.4, 0.5) is 0 Å². The van der Waals surface area contributed by atoms with E-state index in [1.807, 2.05) is 13.2 Å². The first-order chi connectivity index (χ1) is 9.10. The number of nitrogens with zero attached hydrogens (tertiary/aromatic N) is 1. The van der Waals surface area contributed by atoms with Crippen LogP contribution in [0.15, 0.2) is 16.4 Å². The number of carboxylic acid groups (broad SMARTS) is 1. The Labute approximate surface area is 117 Å². The molecule has 1 unspecified atom stereocenters. The van der Waals surface area contributed by atoms with Crippen molar-refractivity contribution >= 4 is 23.9 Å². The lowest BCUT2D eigenvalue weighted by Crippen LogP contribution is -2.48. The van der Waals surface area contributed by atoms with Gasteiger partial charge in [0.1, 0.15) is 11.4 Å². The van der Waals surface area contributed by atoms with Crippen molar-refractivity contribution in [2.75, 3.05) is 6.26 Å². The Balaban J connectivity index is 2.21. The second kappa shape index (κ2) is 5.86. The normalized spacial score (nSPS) is 27.5. The summed E-state index contributed by atoms with van der Waals surface area (Å²) in [4.78, 5) is 15.2. The van der Waals surface area contributed by atoms with Crippen molar-refractivity contribution in [1.29, 1.82) is 0 Å². The number of aliphatic imine (C=N–C) groups is 1. The molecule has 0 spiro atoms. The third-order valence-corrected chi connectivity index (χ3v) is 4.91. The first kappa shape index (κ1) is 14.2. The molecular weight excluding hydrogens is 262 g/mol. The minimum atomic E-state index is -0.942. The van der Waals surface area contributed by atoms with Crippen LogP contribution in [0.5, 0.6) is 0 Å². The maximum absolute atomic E-state index is 11.3. The van der Waals surface area contributed by atoms with E-state index < -0.39 is 11.0 Å². The average molecular weight is 283 g/mol. The van der Waals surface area contributed by atoms with Crippen molar-refractivity contribution in [3.8, 4) is 0 Å². The molecule has 106 valence electrons. The SMILES string of the molecule is CCC1(SC)N=CC(C(=O)O)=C(NC2CCCC2)N1. The summed E-state index contributed by atoms with van der Waals surface area (Å²) < 4.78 is 0. The zero-order valence-corrected chi connectivity index (χ0v) is 12.2. The molecule has 1 aliphatic carbocycles. The highest BCUT2D eigenvalue weighted by Gasteiger charge is 2.33. The van der Waals surface area contributed by atoms with Crippen LogP contribution in [0, 0.1) is 0 Å². The van der Waals surface area contributed by atoms with Crippen LogP contribution < -0.4 is 10.6 Å². The summed E-state index contributed by atoms with van der Waals surface area (Å²) >= 11 is 1.59. The van der Waals surface area contributed by atoms with E-state index in [2.05, 4.69) is 15.6 Å². The predicted molar refractivity (Wildman–Crippen MR) is 78.2 cm³/mol. The van der Waals surface area contributed by atoms with Gasteiger partial charge in [-0.3, -0.25) is 4.99 Å². The first-order valence-corrected chi connectivity index (χ1v) is 7.95. The molecule has 0 aromatic carbocycles. The van der Waals surface area contributed by atoms with Crippen LogP contribution in [0.25, 0.3) is 0 Å². The number of thioether (sulfide) groups is 1. The van der Waals surface area contributed by atoms with E-state index in [0.717, 1.165) is 19.3 Å². The van der Waals surface area contributed by atoms with E-state index in [1.165, 1.54) is 19.1 Å². The second-order valence-corrected chi connectivity index (χ2v) is 6.03. The van der Waals surface area contributed by atoms with Crippen LogP contribution >= 0.6 is 11.8 Å². The quantitative estimate of drug-likeness (QED) is 0.719. The van der Waals surface area contributed by atoms with Crippen molar-refractivity contribution < 1.29 is 9.90 Å². The average Bonchev–Trinajstić information content (AvgIpc) is 2.91. The van der Waals surface area contributed by atoms with Gasteiger partial charge in [-0.1, -0.05) is 19.8 Å². The minimum absolute atomic E-state index is 0.227. The zero-order valence-electron chi connectivity index (χ0n) is 11.4. The molecule has 1 atom stereocenters. The Hall–Kier alpha value is -1.17. The second-order valence-electron chi connectivity index (χ2n) is 4.94. The first-order valence-electron chi connectivity index (χ1n) is 6.73. The number of hydrogen-bond acceptors (Lipinski definition) is 5. The number of hydrogen-bond donors (Lipinski definition) is 3. The molecule has 0 saturated heterocycles. The van der Waals surface area contributed by atoms with Gasteiger partial charge < -0.3 is 15.7 Å². The fraction of sp³-hybridized carbons (Fsp3) is 0.692. The van der Waals surface area contributed by atoms with Gasteiger partial charge in [-0.2, -0.15) is 0 Å². The highest BCUT2D eigenvalue weighted by Crippen LogP contribution is 2.30. The smallest absolute Gasteiger partial charge is 0.340 e. The third-order valence-electron chi connectivity index (χ3n) is 3.74. The zero-order chi connectivity index (χ0) is 13.9. The lowest BCUT2D eigenvalue weighted by Gasteiger charge is -2.34. The lowest BCUT2D eigenvalue weighted by molar-refractivity contribution is -0.132. The molecule has 3 N–H and O–H groups in total. The number of rotatable bonds is 5. The van der Waals surface area contributed by atoms with Crippen molar-refractivity contribution in [3.63, 3.8) is 0 Å². The summed E-state index contributed by atoms with van der Waals surface area (Å²) in [5.74, 6) is -0.326. The van der Waals surface area contributed by atoms with Crippen LogP contribution in [-0.4, -0.2) is 34.6 Å². The van der Waals surface area contributed by atoms with Crippen LogP contribution in [0.3, 0.4) is 0 Å². The van der Waals surface area contributed by atoms with Gasteiger partial charge in [-0.25, -0.2) is 4.79 Å². The van der Waals surface area contributed by atoms with E-state index in [9.17, 15) is 9.90 Å². The Morgan fingerprint density at radius 3 is 2.84 bits per heavy atom. The van der Waals surface area contributed by atoms with E-state index in [4.69, 9.17) is 0 Å². The molecule has 0 aromatic rings.